The third-order valence-electron chi connectivity index (χ3n) is 10.5. The Morgan fingerprint density at radius 3 is 2.69 bits per heavy atom. The van der Waals surface area contributed by atoms with Gasteiger partial charge in [0.05, 0.1) is 30.0 Å². The van der Waals surface area contributed by atoms with Crippen LogP contribution in [0.25, 0.3) is 10.9 Å². The number of alkyl halides is 3. The quantitative estimate of drug-likeness (QED) is 0.220. The largest absolute Gasteiger partial charge is 0.497 e. The van der Waals surface area contributed by atoms with Crippen molar-refractivity contribution in [1.82, 2.24) is 25.1 Å². The topological polar surface area (TPSA) is 83.8 Å². The molecule has 4 fully saturated rings. The van der Waals surface area contributed by atoms with Gasteiger partial charge >= 0.3 is 6.18 Å². The molecular formula is C33H40F4N6O2. The average molecular weight is 629 g/mol. The molecule has 2 N–H and O–H groups in total. The lowest BCUT2D eigenvalue weighted by Crippen LogP contribution is -2.64. The van der Waals surface area contributed by atoms with Crippen molar-refractivity contribution in [1.29, 1.82) is 0 Å². The van der Waals surface area contributed by atoms with Crippen molar-refractivity contribution in [2.75, 3.05) is 26.7 Å². The van der Waals surface area contributed by atoms with Gasteiger partial charge in [0.1, 0.15) is 17.6 Å². The summed E-state index contributed by atoms with van der Waals surface area (Å²) in [5.74, 6) is 1.89. The van der Waals surface area contributed by atoms with E-state index in [-0.39, 0.29) is 36.7 Å². The highest BCUT2D eigenvalue weighted by atomic mass is 19.4. The molecule has 45 heavy (non-hydrogen) atoms. The summed E-state index contributed by atoms with van der Waals surface area (Å²) >= 11 is 0. The summed E-state index contributed by atoms with van der Waals surface area (Å²) < 4.78 is 62.0. The van der Waals surface area contributed by atoms with Crippen molar-refractivity contribution in [2.24, 2.45) is 28.2 Å². The van der Waals surface area contributed by atoms with Crippen LogP contribution < -0.4 is 20.9 Å². The number of guanidine groups is 1. The standard InChI is InChI=1S/C33H40F4N6O2/c1-19-25-13-21(32(25,2)3)14-27(19)41-31(42-12-10-38-29(17-42)33(35,36)37)40-22-6-8-24-28(15-22)39-18-43(30(24)44)11-9-20-5-7-23(45-4)16-26(20)34/h5-8,15-16,18-19,21,25,27,29,38H,9-14,17H2,1-4H3,(H,40,41)/t19-,21+,25+,27+,29-/m1/s1. The van der Waals surface area contributed by atoms with Gasteiger partial charge in [-0.2, -0.15) is 13.2 Å². The lowest BCUT2D eigenvalue weighted by atomic mass is 9.45. The first kappa shape index (κ1) is 31.3. The van der Waals surface area contributed by atoms with Crippen LogP contribution >= 0.6 is 0 Å². The monoisotopic (exact) mass is 628 g/mol. The van der Waals surface area contributed by atoms with E-state index in [0.29, 0.717) is 64.6 Å². The third-order valence-corrected chi connectivity index (χ3v) is 10.5. The Balaban J connectivity index is 1.26. The van der Waals surface area contributed by atoms with Crippen LogP contribution in [0.1, 0.15) is 39.2 Å². The van der Waals surface area contributed by atoms with Gasteiger partial charge in [0.2, 0.25) is 0 Å². The lowest BCUT2D eigenvalue weighted by molar-refractivity contribution is -0.161. The molecule has 0 unspecified atom stereocenters. The van der Waals surface area contributed by atoms with E-state index in [4.69, 9.17) is 9.73 Å². The highest BCUT2D eigenvalue weighted by molar-refractivity contribution is 5.86. The SMILES string of the molecule is COc1ccc(CCn2cnc3cc(N=C(N[C@H]4C[C@@H]5C[C@@H]([C@H]4C)C5(C)C)N4CCN[C@@H](C(F)(F)F)C4)ccc3c2=O)c(F)c1. The van der Waals surface area contributed by atoms with Gasteiger partial charge in [-0.1, -0.05) is 26.8 Å². The zero-order chi connectivity index (χ0) is 32.1. The zero-order valence-electron chi connectivity index (χ0n) is 26.0. The molecule has 8 nitrogen and oxygen atoms in total. The summed E-state index contributed by atoms with van der Waals surface area (Å²) in [5, 5.41) is 6.53. The van der Waals surface area contributed by atoms with Crippen LogP contribution in [0, 0.1) is 29.0 Å². The number of halogens is 4. The van der Waals surface area contributed by atoms with E-state index in [9.17, 15) is 22.4 Å². The first-order valence-electron chi connectivity index (χ1n) is 15.6. The molecule has 2 heterocycles. The molecule has 0 amide bonds. The summed E-state index contributed by atoms with van der Waals surface area (Å²) in [6.45, 7) is 7.39. The summed E-state index contributed by atoms with van der Waals surface area (Å²) in [6, 6.07) is 8.07. The van der Waals surface area contributed by atoms with E-state index in [1.807, 2.05) is 0 Å². The number of hydrogen-bond acceptors (Lipinski definition) is 5. The number of nitrogens with zero attached hydrogens (tertiary/aromatic N) is 4. The molecule has 0 spiro atoms. The Morgan fingerprint density at radius 1 is 1.20 bits per heavy atom. The van der Waals surface area contributed by atoms with E-state index >= 15 is 0 Å². The van der Waals surface area contributed by atoms with Gasteiger partial charge in [0, 0.05) is 38.3 Å². The van der Waals surface area contributed by atoms with Crippen LogP contribution in [-0.4, -0.2) is 65.4 Å². The molecular weight excluding hydrogens is 588 g/mol. The molecule has 3 saturated carbocycles. The number of rotatable bonds is 6. The van der Waals surface area contributed by atoms with Crippen molar-refractivity contribution < 1.29 is 22.3 Å². The summed E-state index contributed by atoms with van der Waals surface area (Å²) in [5.41, 5.74) is 1.38. The number of aryl methyl sites for hydroxylation is 2. The molecule has 3 aliphatic carbocycles. The summed E-state index contributed by atoms with van der Waals surface area (Å²) in [6.07, 6.45) is -0.522. The molecule has 1 saturated heterocycles. The maximum absolute atomic E-state index is 14.4. The molecule has 4 aliphatic rings. The fourth-order valence-corrected chi connectivity index (χ4v) is 7.46. The van der Waals surface area contributed by atoms with Gasteiger partial charge in [0.25, 0.3) is 5.56 Å². The molecule has 3 aromatic rings. The fourth-order valence-electron chi connectivity index (χ4n) is 7.46. The highest BCUT2D eigenvalue weighted by Gasteiger charge is 2.56. The minimum absolute atomic E-state index is 0.0982. The molecule has 1 aliphatic heterocycles. The molecule has 2 bridgehead atoms. The van der Waals surface area contributed by atoms with E-state index < -0.39 is 18.0 Å². The van der Waals surface area contributed by atoms with E-state index in [1.54, 1.807) is 35.2 Å². The van der Waals surface area contributed by atoms with Crippen molar-refractivity contribution >= 4 is 22.5 Å². The molecule has 7 rings (SSSR count). The Labute approximate surface area is 259 Å². The van der Waals surface area contributed by atoms with Crippen LogP contribution in [0.5, 0.6) is 5.75 Å². The number of benzene rings is 2. The minimum Gasteiger partial charge on any atom is -0.497 e. The van der Waals surface area contributed by atoms with Crippen LogP contribution in [0.3, 0.4) is 0 Å². The summed E-state index contributed by atoms with van der Waals surface area (Å²) in [4.78, 5) is 24.3. The highest BCUT2D eigenvalue weighted by Crippen LogP contribution is 2.61. The van der Waals surface area contributed by atoms with Crippen LogP contribution in [-0.2, 0) is 13.0 Å². The molecule has 12 heteroatoms. The zero-order valence-corrected chi connectivity index (χ0v) is 26.0. The molecule has 2 aromatic carbocycles. The van der Waals surface area contributed by atoms with Gasteiger partial charge in [-0.15, -0.1) is 0 Å². The Kier molecular flexibility index (Phi) is 8.30. The molecule has 5 atom stereocenters. The first-order chi connectivity index (χ1) is 21.3. The van der Waals surface area contributed by atoms with Gasteiger partial charge < -0.3 is 20.3 Å². The van der Waals surface area contributed by atoms with Gasteiger partial charge in [0.15, 0.2) is 5.96 Å². The first-order valence-corrected chi connectivity index (χ1v) is 15.6. The average Bonchev–Trinajstić information content (AvgIpc) is 3.01. The second-order valence-electron chi connectivity index (χ2n) is 13.3. The number of aromatic nitrogens is 2. The smallest absolute Gasteiger partial charge is 0.405 e. The number of methoxy groups -OCH3 is 1. The van der Waals surface area contributed by atoms with E-state index in [1.165, 1.54) is 30.5 Å². The predicted octanol–water partition coefficient (Wildman–Crippen LogP) is 5.27. The Hall–Kier alpha value is -3.67. The maximum atomic E-state index is 14.4. The minimum atomic E-state index is -4.38. The van der Waals surface area contributed by atoms with Crippen LogP contribution in [0.2, 0.25) is 0 Å². The Bertz CT molecular complexity index is 1650. The molecule has 1 aromatic heterocycles. The lowest BCUT2D eigenvalue weighted by Gasteiger charge is -2.62. The van der Waals surface area contributed by atoms with Gasteiger partial charge in [-0.05, 0) is 72.3 Å². The van der Waals surface area contributed by atoms with E-state index in [2.05, 4.69) is 36.4 Å². The number of ether oxygens (including phenoxy) is 1. The second kappa shape index (κ2) is 11.9. The number of hydrogen-bond donors (Lipinski definition) is 2. The van der Waals surface area contributed by atoms with Crippen molar-refractivity contribution in [3.05, 3.63) is 64.5 Å². The third kappa shape index (κ3) is 6.13. The van der Waals surface area contributed by atoms with Crippen LogP contribution in [0.4, 0.5) is 23.2 Å². The van der Waals surface area contributed by atoms with Crippen molar-refractivity contribution in [2.45, 2.75) is 64.8 Å². The maximum Gasteiger partial charge on any atom is 0.405 e. The molecule has 242 valence electrons. The van der Waals surface area contributed by atoms with Crippen molar-refractivity contribution in [3.63, 3.8) is 0 Å². The molecule has 0 radical (unpaired) electrons. The number of piperazine rings is 1. The fraction of sp³-hybridized carbons (Fsp3) is 0.545. The van der Waals surface area contributed by atoms with Gasteiger partial charge in [-0.3, -0.25) is 9.36 Å². The number of nitrogens with one attached hydrogen (secondary N) is 2. The summed E-state index contributed by atoms with van der Waals surface area (Å²) in [7, 11) is 1.47. The number of fused-ring (bicyclic) bond motifs is 3. The Morgan fingerprint density at radius 2 is 2.00 bits per heavy atom. The predicted molar refractivity (Wildman–Crippen MR) is 165 cm³/mol. The van der Waals surface area contributed by atoms with Crippen LogP contribution in [0.15, 0.2) is 52.5 Å². The second-order valence-corrected chi connectivity index (χ2v) is 13.3. The van der Waals surface area contributed by atoms with Crippen molar-refractivity contribution in [3.8, 4) is 5.75 Å². The normalized spacial score (nSPS) is 26.4. The van der Waals surface area contributed by atoms with Gasteiger partial charge in [-0.25, -0.2) is 14.4 Å². The van der Waals surface area contributed by atoms with E-state index in [0.717, 1.165) is 6.42 Å². The number of aliphatic imine (C=N–C) groups is 1.